The van der Waals surface area contributed by atoms with Crippen molar-refractivity contribution in [2.24, 2.45) is 0 Å². The largest absolute Gasteiger partial charge is 0.342 e. The van der Waals surface area contributed by atoms with Crippen molar-refractivity contribution in [1.29, 1.82) is 0 Å². The fraction of sp³-hybridized carbons (Fsp3) is 0.700. The molecular formula is C10H17NOS. The van der Waals surface area contributed by atoms with Gasteiger partial charge in [0.2, 0.25) is 5.91 Å². The van der Waals surface area contributed by atoms with Gasteiger partial charge in [-0.3, -0.25) is 4.79 Å². The van der Waals surface area contributed by atoms with Crippen molar-refractivity contribution in [1.82, 2.24) is 5.32 Å². The highest BCUT2D eigenvalue weighted by Crippen LogP contribution is 1.98. The molecule has 3 heteroatoms. The minimum atomic E-state index is -0.0839. The highest BCUT2D eigenvalue weighted by atomic mass is 32.2. The zero-order chi connectivity index (χ0) is 10.1. The van der Waals surface area contributed by atoms with Crippen LogP contribution in [-0.4, -0.2) is 24.0 Å². The van der Waals surface area contributed by atoms with Crippen molar-refractivity contribution < 1.29 is 4.79 Å². The molecule has 1 atom stereocenters. The summed E-state index contributed by atoms with van der Waals surface area (Å²) in [6, 6.07) is -0.0839. The number of nitrogens with one attached hydrogen (secondary N) is 1. The Labute approximate surface area is 84.9 Å². The fourth-order valence-electron chi connectivity index (χ4n) is 0.947. The van der Waals surface area contributed by atoms with Crippen LogP contribution in [0.1, 0.15) is 26.2 Å². The lowest BCUT2D eigenvalue weighted by Gasteiger charge is -2.11. The van der Waals surface area contributed by atoms with Crippen molar-refractivity contribution in [2.45, 2.75) is 32.2 Å². The molecule has 0 fully saturated rings. The van der Waals surface area contributed by atoms with Gasteiger partial charge in [0.05, 0.1) is 6.04 Å². The molecule has 0 aliphatic heterocycles. The molecule has 2 nitrogen and oxygen atoms in total. The maximum Gasteiger partial charge on any atom is 0.221 e. The molecule has 74 valence electrons. The number of carbonyl (C=O) groups is 1. The maximum absolute atomic E-state index is 11.2. The van der Waals surface area contributed by atoms with E-state index in [0.29, 0.717) is 6.42 Å². The fourth-order valence-corrected chi connectivity index (χ4v) is 1.34. The monoisotopic (exact) mass is 199 g/mol. The van der Waals surface area contributed by atoms with Crippen molar-refractivity contribution >= 4 is 17.7 Å². The molecule has 0 aromatic rings. The Morgan fingerprint density at radius 3 is 2.85 bits per heavy atom. The van der Waals surface area contributed by atoms with Crippen molar-refractivity contribution in [3.8, 4) is 12.3 Å². The molecule has 1 unspecified atom stereocenters. The van der Waals surface area contributed by atoms with Gasteiger partial charge in [-0.2, -0.15) is 11.8 Å². The van der Waals surface area contributed by atoms with Gasteiger partial charge in [-0.25, -0.2) is 0 Å². The Morgan fingerprint density at radius 1 is 1.69 bits per heavy atom. The van der Waals surface area contributed by atoms with Crippen LogP contribution < -0.4 is 5.32 Å². The van der Waals surface area contributed by atoms with Crippen LogP contribution in [0.4, 0.5) is 0 Å². The highest BCUT2D eigenvalue weighted by Gasteiger charge is 2.07. The highest BCUT2D eigenvalue weighted by molar-refractivity contribution is 7.98. The Morgan fingerprint density at radius 2 is 2.38 bits per heavy atom. The van der Waals surface area contributed by atoms with Gasteiger partial charge in [0.1, 0.15) is 0 Å². The zero-order valence-electron chi connectivity index (χ0n) is 8.30. The maximum atomic E-state index is 11.2. The Balaban J connectivity index is 3.68. The van der Waals surface area contributed by atoms with Crippen LogP contribution in [0.5, 0.6) is 0 Å². The van der Waals surface area contributed by atoms with Gasteiger partial charge in [-0.15, -0.1) is 6.42 Å². The topological polar surface area (TPSA) is 29.1 Å². The van der Waals surface area contributed by atoms with Crippen molar-refractivity contribution in [3.63, 3.8) is 0 Å². The van der Waals surface area contributed by atoms with Gasteiger partial charge in [0, 0.05) is 12.2 Å². The summed E-state index contributed by atoms with van der Waals surface area (Å²) in [7, 11) is 0. The van der Waals surface area contributed by atoms with E-state index in [1.807, 2.05) is 6.26 Å². The average Bonchev–Trinajstić information content (AvgIpc) is 2.14. The lowest BCUT2D eigenvalue weighted by Crippen LogP contribution is -2.33. The Bertz CT molecular complexity index is 186. The smallest absolute Gasteiger partial charge is 0.221 e. The number of carbonyl (C=O) groups excluding carboxylic acids is 1. The second-order valence-corrected chi connectivity index (χ2v) is 3.80. The van der Waals surface area contributed by atoms with E-state index in [1.54, 1.807) is 11.8 Å². The molecule has 1 N–H and O–H groups in total. The molecule has 0 aliphatic carbocycles. The quantitative estimate of drug-likeness (QED) is 0.659. The number of amides is 1. The Hall–Kier alpha value is -0.620. The number of rotatable bonds is 6. The predicted octanol–water partition coefficient (Wildman–Crippen LogP) is 1.66. The summed E-state index contributed by atoms with van der Waals surface area (Å²) in [6.45, 7) is 2.05. The molecule has 1 amide bonds. The van der Waals surface area contributed by atoms with E-state index in [0.717, 1.165) is 18.6 Å². The summed E-state index contributed by atoms with van der Waals surface area (Å²) in [6.07, 6.45) is 9.67. The number of thioether (sulfide) groups is 1. The first kappa shape index (κ1) is 12.4. The summed E-state index contributed by atoms with van der Waals surface area (Å²) in [5, 5.41) is 2.81. The van der Waals surface area contributed by atoms with Crippen LogP contribution >= 0.6 is 11.8 Å². The van der Waals surface area contributed by atoms with Gasteiger partial charge in [-0.05, 0) is 12.7 Å². The van der Waals surface area contributed by atoms with Crippen LogP contribution in [0.2, 0.25) is 0 Å². The molecule has 0 radical (unpaired) electrons. The van der Waals surface area contributed by atoms with E-state index < -0.39 is 0 Å². The third-order valence-corrected chi connectivity index (χ3v) is 2.26. The molecular weight excluding hydrogens is 182 g/mol. The van der Waals surface area contributed by atoms with Crippen LogP contribution in [0.15, 0.2) is 0 Å². The molecule has 0 aliphatic rings. The van der Waals surface area contributed by atoms with Gasteiger partial charge in [-0.1, -0.05) is 19.3 Å². The lowest BCUT2D eigenvalue weighted by atomic mass is 10.2. The average molecular weight is 199 g/mol. The summed E-state index contributed by atoms with van der Waals surface area (Å²) >= 11 is 1.67. The molecule has 0 heterocycles. The van der Waals surface area contributed by atoms with Crippen molar-refractivity contribution in [2.75, 3.05) is 12.0 Å². The van der Waals surface area contributed by atoms with Crippen LogP contribution in [-0.2, 0) is 4.79 Å². The molecule has 0 saturated heterocycles. The van der Waals surface area contributed by atoms with Crippen molar-refractivity contribution in [3.05, 3.63) is 0 Å². The standard InChI is InChI=1S/C10H17NOS/c1-4-6-9(5-2)11-10(12)7-8-13-3/h2,9H,4,6-8H2,1,3H3,(H,11,12). The first-order valence-electron chi connectivity index (χ1n) is 4.49. The van der Waals surface area contributed by atoms with E-state index >= 15 is 0 Å². The first-order chi connectivity index (χ1) is 6.24. The van der Waals surface area contributed by atoms with E-state index in [1.165, 1.54) is 0 Å². The second kappa shape index (κ2) is 8.00. The predicted molar refractivity (Wildman–Crippen MR) is 58.7 cm³/mol. The van der Waals surface area contributed by atoms with Gasteiger partial charge >= 0.3 is 0 Å². The van der Waals surface area contributed by atoms with Crippen LogP contribution in [0.25, 0.3) is 0 Å². The van der Waals surface area contributed by atoms with Gasteiger partial charge in [0.15, 0.2) is 0 Å². The molecule has 0 aromatic heterocycles. The van der Waals surface area contributed by atoms with Gasteiger partial charge < -0.3 is 5.32 Å². The zero-order valence-corrected chi connectivity index (χ0v) is 9.12. The minimum Gasteiger partial charge on any atom is -0.342 e. The summed E-state index contributed by atoms with van der Waals surface area (Å²) in [5.41, 5.74) is 0. The number of hydrogen-bond donors (Lipinski definition) is 1. The molecule has 13 heavy (non-hydrogen) atoms. The molecule has 0 spiro atoms. The summed E-state index contributed by atoms with van der Waals surface area (Å²) in [4.78, 5) is 11.2. The normalized spacial score (nSPS) is 11.8. The second-order valence-electron chi connectivity index (χ2n) is 2.82. The molecule has 0 saturated carbocycles. The molecule has 0 bridgehead atoms. The first-order valence-corrected chi connectivity index (χ1v) is 5.88. The third kappa shape index (κ3) is 6.53. The summed E-state index contributed by atoms with van der Waals surface area (Å²) in [5.74, 6) is 3.49. The third-order valence-electron chi connectivity index (χ3n) is 1.65. The number of hydrogen-bond acceptors (Lipinski definition) is 2. The van der Waals surface area contributed by atoms with E-state index in [2.05, 4.69) is 18.2 Å². The Kier molecular flexibility index (Phi) is 7.62. The van der Waals surface area contributed by atoms with Gasteiger partial charge in [0.25, 0.3) is 0 Å². The van der Waals surface area contributed by atoms with E-state index in [9.17, 15) is 4.79 Å². The summed E-state index contributed by atoms with van der Waals surface area (Å²) < 4.78 is 0. The minimum absolute atomic E-state index is 0.0609. The molecule has 0 aromatic carbocycles. The van der Waals surface area contributed by atoms with Crippen LogP contribution in [0, 0.1) is 12.3 Å². The van der Waals surface area contributed by atoms with E-state index in [4.69, 9.17) is 6.42 Å². The molecule has 0 rings (SSSR count). The SMILES string of the molecule is C#CC(CCC)NC(=O)CCSC. The number of terminal acetylenes is 1. The lowest BCUT2D eigenvalue weighted by molar-refractivity contribution is -0.121. The van der Waals surface area contributed by atoms with E-state index in [-0.39, 0.29) is 11.9 Å². The van der Waals surface area contributed by atoms with Crippen LogP contribution in [0.3, 0.4) is 0 Å².